The van der Waals surface area contributed by atoms with E-state index in [1.165, 1.54) is 24.0 Å². The molecule has 0 spiro atoms. The highest BCUT2D eigenvalue weighted by molar-refractivity contribution is 5.21. The van der Waals surface area contributed by atoms with Crippen LogP contribution in [0.25, 0.3) is 0 Å². The zero-order chi connectivity index (χ0) is 12.7. The van der Waals surface area contributed by atoms with Gasteiger partial charge in [-0.1, -0.05) is 56.5 Å². The molecular weight excluding hydrogens is 208 g/mol. The van der Waals surface area contributed by atoms with Gasteiger partial charge < -0.3 is 5.11 Å². The second kappa shape index (κ2) is 7.50. The van der Waals surface area contributed by atoms with Gasteiger partial charge in [0.1, 0.15) is 0 Å². The van der Waals surface area contributed by atoms with E-state index in [1.807, 2.05) is 0 Å². The van der Waals surface area contributed by atoms with Crippen molar-refractivity contribution < 1.29 is 5.11 Å². The molecular formula is C16H26O. The number of rotatable bonds is 7. The Morgan fingerprint density at radius 1 is 1.06 bits per heavy atom. The molecule has 0 aliphatic carbocycles. The average molecular weight is 234 g/mol. The third-order valence-electron chi connectivity index (χ3n) is 3.65. The summed E-state index contributed by atoms with van der Waals surface area (Å²) in [5, 5.41) is 10.00. The number of aliphatic hydroxyl groups excluding tert-OH is 1. The molecule has 0 saturated carbocycles. The normalized spacial score (nSPS) is 13.0. The number of benzene rings is 1. The van der Waals surface area contributed by atoms with Crippen molar-refractivity contribution >= 4 is 0 Å². The summed E-state index contributed by atoms with van der Waals surface area (Å²) in [6.45, 7) is 6.52. The molecule has 1 atom stereocenters. The average Bonchev–Trinajstić information content (AvgIpc) is 2.35. The monoisotopic (exact) mass is 234 g/mol. The van der Waals surface area contributed by atoms with Gasteiger partial charge in [-0.05, 0) is 37.7 Å². The van der Waals surface area contributed by atoms with Gasteiger partial charge in [-0.15, -0.1) is 0 Å². The van der Waals surface area contributed by atoms with E-state index in [0.717, 1.165) is 19.3 Å². The van der Waals surface area contributed by atoms with E-state index < -0.39 is 0 Å². The molecule has 1 aromatic rings. The second-order valence-electron chi connectivity index (χ2n) is 5.10. The molecule has 0 fully saturated rings. The summed E-state index contributed by atoms with van der Waals surface area (Å²) in [7, 11) is 0. The van der Waals surface area contributed by atoms with E-state index >= 15 is 0 Å². The maximum Gasteiger partial charge on any atom is 0.0546 e. The van der Waals surface area contributed by atoms with Crippen molar-refractivity contribution in [1.82, 2.24) is 0 Å². The molecule has 0 saturated heterocycles. The number of aliphatic hydroxyl groups is 1. The van der Waals surface area contributed by atoms with Crippen molar-refractivity contribution in [3.05, 3.63) is 35.4 Å². The van der Waals surface area contributed by atoms with Crippen molar-refractivity contribution in [2.24, 2.45) is 5.92 Å². The number of aryl methyl sites for hydroxylation is 2. The van der Waals surface area contributed by atoms with Gasteiger partial charge in [0, 0.05) is 0 Å². The third kappa shape index (κ3) is 5.36. The molecule has 0 bridgehead atoms. The van der Waals surface area contributed by atoms with Gasteiger partial charge in [0.25, 0.3) is 0 Å². The van der Waals surface area contributed by atoms with Crippen LogP contribution in [-0.4, -0.2) is 11.2 Å². The van der Waals surface area contributed by atoms with Gasteiger partial charge in [-0.3, -0.25) is 0 Å². The summed E-state index contributed by atoms with van der Waals surface area (Å²) in [6.07, 6.45) is 5.05. The standard InChI is InChI=1S/C16H26O/c1-4-14(5-2)12-16(17)11-10-15-8-6-13(3)7-9-15/h6-9,14,16-17H,4-5,10-12H2,1-3H3. The molecule has 0 heterocycles. The van der Waals surface area contributed by atoms with E-state index in [9.17, 15) is 5.11 Å². The maximum absolute atomic E-state index is 10.00. The summed E-state index contributed by atoms with van der Waals surface area (Å²) < 4.78 is 0. The maximum atomic E-state index is 10.00. The molecule has 1 N–H and O–H groups in total. The smallest absolute Gasteiger partial charge is 0.0546 e. The Morgan fingerprint density at radius 3 is 2.18 bits per heavy atom. The van der Waals surface area contributed by atoms with Crippen LogP contribution in [0, 0.1) is 12.8 Å². The lowest BCUT2D eigenvalue weighted by Gasteiger charge is -2.17. The molecule has 1 heteroatoms. The molecule has 0 aliphatic heterocycles. The summed E-state index contributed by atoms with van der Waals surface area (Å²) >= 11 is 0. The van der Waals surface area contributed by atoms with E-state index in [4.69, 9.17) is 0 Å². The molecule has 0 aromatic heterocycles. The summed E-state index contributed by atoms with van der Waals surface area (Å²) in [5.74, 6) is 0.683. The fourth-order valence-electron chi connectivity index (χ4n) is 2.21. The van der Waals surface area contributed by atoms with Gasteiger partial charge in [-0.25, -0.2) is 0 Å². The van der Waals surface area contributed by atoms with Crippen LogP contribution < -0.4 is 0 Å². The first-order chi connectivity index (χ1) is 8.15. The first kappa shape index (κ1) is 14.2. The fourth-order valence-corrected chi connectivity index (χ4v) is 2.21. The topological polar surface area (TPSA) is 20.2 Å². The second-order valence-corrected chi connectivity index (χ2v) is 5.10. The van der Waals surface area contributed by atoms with Crippen molar-refractivity contribution in [1.29, 1.82) is 0 Å². The molecule has 96 valence electrons. The van der Waals surface area contributed by atoms with Gasteiger partial charge in [-0.2, -0.15) is 0 Å². The zero-order valence-electron chi connectivity index (χ0n) is 11.4. The molecule has 1 aromatic carbocycles. The van der Waals surface area contributed by atoms with Crippen LogP contribution in [0.1, 0.15) is 50.7 Å². The minimum absolute atomic E-state index is 0.138. The van der Waals surface area contributed by atoms with Crippen molar-refractivity contribution in [3.63, 3.8) is 0 Å². The molecule has 0 amide bonds. The van der Waals surface area contributed by atoms with Gasteiger partial charge >= 0.3 is 0 Å². The minimum Gasteiger partial charge on any atom is -0.393 e. The quantitative estimate of drug-likeness (QED) is 0.752. The summed E-state index contributed by atoms with van der Waals surface area (Å²) in [6, 6.07) is 8.61. The van der Waals surface area contributed by atoms with E-state index in [1.54, 1.807) is 0 Å². The highest BCUT2D eigenvalue weighted by atomic mass is 16.3. The predicted octanol–water partition coefficient (Wildman–Crippen LogP) is 4.11. The highest BCUT2D eigenvalue weighted by Gasteiger charge is 2.11. The number of hydrogen-bond donors (Lipinski definition) is 1. The van der Waals surface area contributed by atoms with Gasteiger partial charge in [0.2, 0.25) is 0 Å². The van der Waals surface area contributed by atoms with Gasteiger partial charge in [0.05, 0.1) is 6.10 Å². The Morgan fingerprint density at radius 2 is 1.65 bits per heavy atom. The lowest BCUT2D eigenvalue weighted by Crippen LogP contribution is -2.13. The molecule has 1 unspecified atom stereocenters. The summed E-state index contributed by atoms with van der Waals surface area (Å²) in [4.78, 5) is 0. The zero-order valence-corrected chi connectivity index (χ0v) is 11.4. The SMILES string of the molecule is CCC(CC)CC(O)CCc1ccc(C)cc1. The molecule has 0 aliphatic rings. The Labute approximate surface area is 106 Å². The molecule has 1 nitrogen and oxygen atoms in total. The highest BCUT2D eigenvalue weighted by Crippen LogP contribution is 2.18. The molecule has 17 heavy (non-hydrogen) atoms. The Kier molecular flexibility index (Phi) is 6.28. The predicted molar refractivity (Wildman–Crippen MR) is 74.2 cm³/mol. The van der Waals surface area contributed by atoms with Crippen molar-refractivity contribution in [2.45, 2.75) is 59.0 Å². The minimum atomic E-state index is -0.138. The fraction of sp³-hybridized carbons (Fsp3) is 0.625. The van der Waals surface area contributed by atoms with Crippen LogP contribution >= 0.6 is 0 Å². The lowest BCUT2D eigenvalue weighted by molar-refractivity contribution is 0.131. The van der Waals surface area contributed by atoms with Crippen LogP contribution in [0.15, 0.2) is 24.3 Å². The van der Waals surface area contributed by atoms with Crippen LogP contribution in [0.4, 0.5) is 0 Å². The Balaban J connectivity index is 2.32. The summed E-state index contributed by atoms with van der Waals surface area (Å²) in [5.41, 5.74) is 2.63. The lowest BCUT2D eigenvalue weighted by atomic mass is 9.93. The van der Waals surface area contributed by atoms with Crippen LogP contribution in [0.3, 0.4) is 0 Å². The van der Waals surface area contributed by atoms with Crippen molar-refractivity contribution in [2.75, 3.05) is 0 Å². The molecule has 0 radical (unpaired) electrons. The van der Waals surface area contributed by atoms with Crippen LogP contribution in [0.2, 0.25) is 0 Å². The first-order valence-electron chi connectivity index (χ1n) is 6.89. The Hall–Kier alpha value is -0.820. The third-order valence-corrected chi connectivity index (χ3v) is 3.65. The number of hydrogen-bond acceptors (Lipinski definition) is 1. The van der Waals surface area contributed by atoms with Crippen LogP contribution in [0.5, 0.6) is 0 Å². The van der Waals surface area contributed by atoms with Crippen molar-refractivity contribution in [3.8, 4) is 0 Å². The van der Waals surface area contributed by atoms with E-state index in [-0.39, 0.29) is 6.10 Å². The van der Waals surface area contributed by atoms with E-state index in [0.29, 0.717) is 5.92 Å². The largest absolute Gasteiger partial charge is 0.393 e. The first-order valence-corrected chi connectivity index (χ1v) is 6.89. The van der Waals surface area contributed by atoms with Crippen LogP contribution in [-0.2, 0) is 6.42 Å². The Bertz CT molecular complexity index is 298. The van der Waals surface area contributed by atoms with Gasteiger partial charge in [0.15, 0.2) is 0 Å². The van der Waals surface area contributed by atoms with E-state index in [2.05, 4.69) is 45.0 Å². The molecule has 1 rings (SSSR count).